The quantitative estimate of drug-likeness (QED) is 0.549. The van der Waals surface area contributed by atoms with Gasteiger partial charge in [0.1, 0.15) is 5.82 Å². The molecule has 76 valence electrons. The highest BCUT2D eigenvalue weighted by Gasteiger charge is 2.24. The Labute approximate surface area is 79.8 Å². The van der Waals surface area contributed by atoms with Crippen molar-refractivity contribution < 1.29 is 4.74 Å². The van der Waals surface area contributed by atoms with Gasteiger partial charge in [0.15, 0.2) is 0 Å². The molecule has 0 aliphatic carbocycles. The molecule has 1 atom stereocenters. The lowest BCUT2D eigenvalue weighted by molar-refractivity contribution is 0.370. The van der Waals surface area contributed by atoms with Crippen LogP contribution in [0.1, 0.15) is 5.82 Å². The molecule has 1 saturated heterocycles. The average molecular weight is 197 g/mol. The Morgan fingerprint density at radius 3 is 2.79 bits per heavy atom. The van der Waals surface area contributed by atoms with Gasteiger partial charge in [0.25, 0.3) is 0 Å². The topological polar surface area (TPSA) is 69.4 Å². The Balaban J connectivity index is 2.52. The van der Waals surface area contributed by atoms with Gasteiger partial charge in [-0.25, -0.2) is 14.2 Å². The number of hydrogen-bond donors (Lipinski definition) is 0. The number of epoxide rings is 1. The molecule has 6 heteroatoms. The highest BCUT2D eigenvalue weighted by Crippen LogP contribution is 2.08. The number of aromatic nitrogens is 3. The summed E-state index contributed by atoms with van der Waals surface area (Å²) in [4.78, 5) is 26.7. The molecule has 0 radical (unpaired) electrons. The van der Waals surface area contributed by atoms with Crippen molar-refractivity contribution >= 4 is 0 Å². The maximum absolute atomic E-state index is 11.6. The molecule has 0 bridgehead atoms. The first-order valence-electron chi connectivity index (χ1n) is 4.35. The largest absolute Gasteiger partial charge is 0.371 e. The van der Waals surface area contributed by atoms with E-state index in [1.165, 1.54) is 4.57 Å². The van der Waals surface area contributed by atoms with Crippen LogP contribution in [0.4, 0.5) is 0 Å². The van der Waals surface area contributed by atoms with Crippen molar-refractivity contribution in [3.05, 3.63) is 26.8 Å². The van der Waals surface area contributed by atoms with E-state index in [0.29, 0.717) is 19.0 Å². The van der Waals surface area contributed by atoms with Gasteiger partial charge in [0.2, 0.25) is 0 Å². The van der Waals surface area contributed by atoms with E-state index < -0.39 is 5.69 Å². The summed E-state index contributed by atoms with van der Waals surface area (Å²) in [5.74, 6) is 0.424. The zero-order valence-electron chi connectivity index (χ0n) is 8.06. The lowest BCUT2D eigenvalue weighted by Crippen LogP contribution is -2.42. The third-order valence-corrected chi connectivity index (χ3v) is 2.28. The molecular weight excluding hydrogens is 186 g/mol. The molecule has 2 rings (SSSR count). The van der Waals surface area contributed by atoms with Crippen molar-refractivity contribution in [2.75, 3.05) is 6.61 Å². The molecule has 0 N–H and O–H groups in total. The molecule has 1 aromatic rings. The van der Waals surface area contributed by atoms with E-state index in [0.717, 1.165) is 4.57 Å². The molecule has 1 fully saturated rings. The van der Waals surface area contributed by atoms with Crippen molar-refractivity contribution in [1.29, 1.82) is 0 Å². The van der Waals surface area contributed by atoms with Crippen molar-refractivity contribution in [1.82, 2.24) is 14.1 Å². The van der Waals surface area contributed by atoms with Crippen LogP contribution in [0.3, 0.4) is 0 Å². The van der Waals surface area contributed by atoms with Crippen LogP contribution < -0.4 is 11.4 Å². The number of hydrogen-bond acceptors (Lipinski definition) is 4. The fourth-order valence-corrected chi connectivity index (χ4v) is 1.21. The normalized spacial score (nSPS) is 19.7. The number of rotatable bonds is 2. The summed E-state index contributed by atoms with van der Waals surface area (Å²) in [6.45, 7) is 2.54. The van der Waals surface area contributed by atoms with Crippen LogP contribution in [0.2, 0.25) is 0 Å². The molecule has 1 unspecified atom stereocenters. The van der Waals surface area contributed by atoms with E-state index in [1.54, 1.807) is 14.0 Å². The minimum Gasteiger partial charge on any atom is -0.371 e. The standard InChI is InChI=1S/C8H11N3O3/c1-5-9-7(12)11(3-6-4-14-6)8(13)10(5)2/h6H,3-4H2,1-2H3. The Bertz CT molecular complexity index is 470. The van der Waals surface area contributed by atoms with Crippen LogP contribution in [0, 0.1) is 6.92 Å². The van der Waals surface area contributed by atoms with Crippen molar-refractivity contribution in [3.8, 4) is 0 Å². The Kier molecular flexibility index (Phi) is 1.99. The first-order valence-corrected chi connectivity index (χ1v) is 4.35. The third kappa shape index (κ3) is 1.48. The highest BCUT2D eigenvalue weighted by molar-refractivity contribution is 4.85. The Morgan fingerprint density at radius 2 is 2.21 bits per heavy atom. The second-order valence-electron chi connectivity index (χ2n) is 3.35. The highest BCUT2D eigenvalue weighted by atomic mass is 16.6. The van der Waals surface area contributed by atoms with Gasteiger partial charge in [0.05, 0.1) is 19.3 Å². The van der Waals surface area contributed by atoms with Crippen LogP contribution in [-0.4, -0.2) is 26.8 Å². The van der Waals surface area contributed by atoms with Crippen LogP contribution in [0.5, 0.6) is 0 Å². The molecule has 0 aromatic carbocycles. The zero-order chi connectivity index (χ0) is 10.3. The van der Waals surface area contributed by atoms with Gasteiger partial charge < -0.3 is 4.74 Å². The fourth-order valence-electron chi connectivity index (χ4n) is 1.21. The number of nitrogens with zero attached hydrogens (tertiary/aromatic N) is 3. The van der Waals surface area contributed by atoms with E-state index in [9.17, 15) is 9.59 Å². The maximum atomic E-state index is 11.6. The summed E-state index contributed by atoms with van der Waals surface area (Å²) in [6.07, 6.45) is 0.00454. The summed E-state index contributed by atoms with van der Waals surface area (Å²) < 4.78 is 7.41. The molecule has 14 heavy (non-hydrogen) atoms. The molecule has 2 heterocycles. The number of aryl methyl sites for hydroxylation is 1. The lowest BCUT2D eigenvalue weighted by Gasteiger charge is -2.05. The average Bonchev–Trinajstić information content (AvgIpc) is 2.92. The van der Waals surface area contributed by atoms with E-state index in [-0.39, 0.29) is 11.8 Å². The zero-order valence-corrected chi connectivity index (χ0v) is 8.06. The van der Waals surface area contributed by atoms with Crippen molar-refractivity contribution in [2.45, 2.75) is 19.6 Å². The Hall–Kier alpha value is -1.43. The molecule has 1 aliphatic heterocycles. The second-order valence-corrected chi connectivity index (χ2v) is 3.35. The van der Waals surface area contributed by atoms with Crippen LogP contribution in [0.15, 0.2) is 9.59 Å². The first-order chi connectivity index (χ1) is 6.59. The van der Waals surface area contributed by atoms with Gasteiger partial charge >= 0.3 is 11.4 Å². The minimum absolute atomic E-state index is 0.00454. The second kappa shape index (κ2) is 3.06. The van der Waals surface area contributed by atoms with Crippen LogP contribution in [0.25, 0.3) is 0 Å². The van der Waals surface area contributed by atoms with E-state index in [4.69, 9.17) is 4.74 Å². The first kappa shape index (κ1) is 9.14. The molecule has 0 spiro atoms. The summed E-state index contributed by atoms with van der Waals surface area (Å²) in [5.41, 5.74) is -0.834. The molecule has 1 aliphatic rings. The molecule has 0 amide bonds. The predicted octanol–water partition coefficient (Wildman–Crippen LogP) is -1.35. The summed E-state index contributed by atoms with van der Waals surface area (Å²) >= 11 is 0. The van der Waals surface area contributed by atoms with Crippen molar-refractivity contribution in [2.24, 2.45) is 7.05 Å². The predicted molar refractivity (Wildman–Crippen MR) is 48.2 cm³/mol. The van der Waals surface area contributed by atoms with E-state index >= 15 is 0 Å². The summed E-state index contributed by atoms with van der Waals surface area (Å²) in [7, 11) is 1.59. The molecule has 1 aromatic heterocycles. The summed E-state index contributed by atoms with van der Waals surface area (Å²) in [6, 6.07) is 0. The Morgan fingerprint density at radius 1 is 1.57 bits per heavy atom. The van der Waals surface area contributed by atoms with Gasteiger partial charge in [-0.15, -0.1) is 0 Å². The fraction of sp³-hybridized carbons (Fsp3) is 0.625. The van der Waals surface area contributed by atoms with E-state index in [1.807, 2.05) is 0 Å². The number of ether oxygens (including phenoxy) is 1. The monoisotopic (exact) mass is 197 g/mol. The third-order valence-electron chi connectivity index (χ3n) is 2.28. The maximum Gasteiger partial charge on any atom is 0.353 e. The van der Waals surface area contributed by atoms with Gasteiger partial charge in [-0.1, -0.05) is 0 Å². The summed E-state index contributed by atoms with van der Waals surface area (Å²) in [5, 5.41) is 0. The van der Waals surface area contributed by atoms with Crippen LogP contribution >= 0.6 is 0 Å². The van der Waals surface area contributed by atoms with E-state index in [2.05, 4.69) is 4.98 Å². The van der Waals surface area contributed by atoms with Gasteiger partial charge in [0, 0.05) is 7.05 Å². The SMILES string of the molecule is Cc1nc(=O)n(CC2CO2)c(=O)n1C. The van der Waals surface area contributed by atoms with Gasteiger partial charge in [-0.3, -0.25) is 4.57 Å². The van der Waals surface area contributed by atoms with Crippen molar-refractivity contribution in [3.63, 3.8) is 0 Å². The minimum atomic E-state index is -0.499. The van der Waals surface area contributed by atoms with Crippen LogP contribution in [-0.2, 0) is 18.3 Å². The molecule has 0 saturated carbocycles. The van der Waals surface area contributed by atoms with Gasteiger partial charge in [-0.2, -0.15) is 4.98 Å². The lowest BCUT2D eigenvalue weighted by atomic mass is 10.5. The molecular formula is C8H11N3O3. The molecule has 6 nitrogen and oxygen atoms in total. The van der Waals surface area contributed by atoms with Gasteiger partial charge in [-0.05, 0) is 6.92 Å². The smallest absolute Gasteiger partial charge is 0.353 e.